The molecule has 1 aromatic heterocycles. The minimum atomic E-state index is -0.465. The molecule has 1 aliphatic heterocycles. The van der Waals surface area contributed by atoms with E-state index in [1.54, 1.807) is 40.7 Å². The Bertz CT molecular complexity index is 816. The molecule has 0 saturated carbocycles. The van der Waals surface area contributed by atoms with E-state index in [0.29, 0.717) is 22.9 Å². The van der Waals surface area contributed by atoms with Crippen molar-refractivity contribution < 1.29 is 9.59 Å². The van der Waals surface area contributed by atoms with Crippen molar-refractivity contribution in [1.29, 1.82) is 0 Å². The van der Waals surface area contributed by atoms with Crippen molar-refractivity contribution in [3.63, 3.8) is 0 Å². The highest BCUT2D eigenvalue weighted by Gasteiger charge is 2.35. The minimum absolute atomic E-state index is 0.0722. The third-order valence-corrected chi connectivity index (χ3v) is 5.18. The summed E-state index contributed by atoms with van der Waals surface area (Å²) >= 11 is 1.59. The lowest BCUT2D eigenvalue weighted by molar-refractivity contribution is -0.133. The van der Waals surface area contributed by atoms with Gasteiger partial charge in [0.05, 0.1) is 29.6 Å². The van der Waals surface area contributed by atoms with Gasteiger partial charge in [0.2, 0.25) is 5.91 Å². The molecular weight excluding hydrogens is 348 g/mol. The van der Waals surface area contributed by atoms with Crippen molar-refractivity contribution in [1.82, 2.24) is 14.7 Å². The van der Waals surface area contributed by atoms with Crippen LogP contribution in [0.5, 0.6) is 0 Å². The van der Waals surface area contributed by atoms with Crippen molar-refractivity contribution in [3.05, 3.63) is 54.4 Å². The molecule has 2 aromatic rings. The summed E-state index contributed by atoms with van der Waals surface area (Å²) < 4.78 is 1.70. The van der Waals surface area contributed by atoms with Crippen LogP contribution >= 0.6 is 11.8 Å². The number of benzene rings is 1. The van der Waals surface area contributed by atoms with Gasteiger partial charge >= 0.3 is 0 Å². The van der Waals surface area contributed by atoms with Crippen LogP contribution in [-0.2, 0) is 9.59 Å². The fourth-order valence-corrected chi connectivity index (χ4v) is 3.97. The zero-order valence-corrected chi connectivity index (χ0v) is 15.7. The van der Waals surface area contributed by atoms with Gasteiger partial charge in [0.15, 0.2) is 0 Å². The molecule has 2 heterocycles. The Morgan fingerprint density at radius 3 is 2.85 bits per heavy atom. The summed E-state index contributed by atoms with van der Waals surface area (Å²) in [5.41, 5.74) is 2.22. The van der Waals surface area contributed by atoms with Crippen LogP contribution in [0.1, 0.15) is 20.3 Å². The van der Waals surface area contributed by atoms with E-state index in [0.717, 1.165) is 12.1 Å². The first kappa shape index (κ1) is 18.3. The zero-order chi connectivity index (χ0) is 18.5. The van der Waals surface area contributed by atoms with Crippen molar-refractivity contribution in [3.8, 4) is 5.69 Å². The molecule has 3 rings (SSSR count). The first-order valence-electron chi connectivity index (χ1n) is 8.56. The molecule has 136 valence electrons. The molecule has 1 aromatic carbocycles. The number of para-hydroxylation sites is 1. The number of nitrogens with zero attached hydrogens (tertiary/aromatic N) is 3. The Labute approximate surface area is 157 Å². The van der Waals surface area contributed by atoms with Gasteiger partial charge in [-0.25, -0.2) is 4.68 Å². The van der Waals surface area contributed by atoms with Crippen molar-refractivity contribution >= 4 is 29.3 Å². The Morgan fingerprint density at radius 2 is 2.12 bits per heavy atom. The van der Waals surface area contributed by atoms with E-state index in [1.807, 2.05) is 43.3 Å². The molecule has 1 aliphatic rings. The number of thioether (sulfide) groups is 1. The lowest BCUT2D eigenvalue weighted by Crippen LogP contribution is -2.44. The summed E-state index contributed by atoms with van der Waals surface area (Å²) in [6, 6.07) is 9.22. The number of nitrogens with one attached hydrogen (secondary N) is 1. The van der Waals surface area contributed by atoms with E-state index < -0.39 is 6.04 Å². The number of allylic oxidation sites excluding steroid dienone is 1. The van der Waals surface area contributed by atoms with Crippen LogP contribution in [0.4, 0.5) is 5.69 Å². The topological polar surface area (TPSA) is 67.2 Å². The number of amides is 2. The van der Waals surface area contributed by atoms with Crippen molar-refractivity contribution in [2.45, 2.75) is 26.3 Å². The molecule has 1 fully saturated rings. The maximum Gasteiger partial charge on any atom is 0.250 e. The van der Waals surface area contributed by atoms with Gasteiger partial charge in [-0.05, 0) is 25.5 Å². The van der Waals surface area contributed by atoms with Crippen LogP contribution in [0.25, 0.3) is 5.69 Å². The Morgan fingerprint density at radius 1 is 1.35 bits per heavy atom. The zero-order valence-electron chi connectivity index (χ0n) is 14.9. The van der Waals surface area contributed by atoms with E-state index in [1.165, 1.54) is 0 Å². The second-order valence-corrected chi connectivity index (χ2v) is 7.08. The van der Waals surface area contributed by atoms with E-state index in [9.17, 15) is 9.59 Å². The average Bonchev–Trinajstić information content (AvgIpc) is 3.31. The SMILES string of the molecule is CCC=C(C)C(=O)N1CSCC1C(=O)Nc1cnn(-c2ccccc2)c1. The smallest absolute Gasteiger partial charge is 0.250 e. The van der Waals surface area contributed by atoms with Crippen LogP contribution in [0, 0.1) is 0 Å². The molecule has 0 spiro atoms. The van der Waals surface area contributed by atoms with Crippen molar-refractivity contribution in [2.75, 3.05) is 16.9 Å². The fourth-order valence-electron chi connectivity index (χ4n) is 2.81. The predicted octanol–water partition coefficient (Wildman–Crippen LogP) is 3.07. The molecule has 2 amide bonds. The average molecular weight is 370 g/mol. The Kier molecular flexibility index (Phi) is 5.78. The van der Waals surface area contributed by atoms with Crippen LogP contribution in [0.15, 0.2) is 54.4 Å². The highest BCUT2D eigenvalue weighted by molar-refractivity contribution is 7.99. The molecule has 1 N–H and O–H groups in total. The maximum absolute atomic E-state index is 12.7. The summed E-state index contributed by atoms with van der Waals surface area (Å²) in [5.74, 6) is 0.885. The fraction of sp³-hybridized carbons (Fsp3) is 0.316. The summed E-state index contributed by atoms with van der Waals surface area (Å²) in [7, 11) is 0. The lowest BCUT2D eigenvalue weighted by atomic mass is 10.2. The van der Waals surface area contributed by atoms with Gasteiger partial charge in [-0.1, -0.05) is 31.2 Å². The van der Waals surface area contributed by atoms with Crippen LogP contribution in [0.2, 0.25) is 0 Å². The molecule has 7 heteroatoms. The molecule has 26 heavy (non-hydrogen) atoms. The van der Waals surface area contributed by atoms with Gasteiger partial charge in [-0.15, -0.1) is 11.8 Å². The number of rotatable bonds is 5. The molecule has 1 unspecified atom stereocenters. The van der Waals surface area contributed by atoms with Crippen LogP contribution < -0.4 is 5.32 Å². The predicted molar refractivity (Wildman–Crippen MR) is 104 cm³/mol. The number of aromatic nitrogens is 2. The van der Waals surface area contributed by atoms with E-state index in [2.05, 4.69) is 10.4 Å². The van der Waals surface area contributed by atoms with Gasteiger partial charge in [0.1, 0.15) is 6.04 Å². The first-order valence-corrected chi connectivity index (χ1v) is 9.72. The summed E-state index contributed by atoms with van der Waals surface area (Å²) in [5, 5.41) is 7.16. The minimum Gasteiger partial charge on any atom is -0.322 e. The third kappa shape index (κ3) is 3.99. The second kappa shape index (κ2) is 8.23. The molecule has 0 radical (unpaired) electrons. The molecule has 6 nitrogen and oxygen atoms in total. The second-order valence-electron chi connectivity index (χ2n) is 6.08. The number of hydrogen-bond donors (Lipinski definition) is 1. The third-order valence-electron chi connectivity index (χ3n) is 4.16. The highest BCUT2D eigenvalue weighted by atomic mass is 32.2. The van der Waals surface area contributed by atoms with Gasteiger partial charge in [-0.3, -0.25) is 9.59 Å². The van der Waals surface area contributed by atoms with Crippen LogP contribution in [0.3, 0.4) is 0 Å². The maximum atomic E-state index is 12.7. The summed E-state index contributed by atoms with van der Waals surface area (Å²) in [4.78, 5) is 26.9. The van der Waals surface area contributed by atoms with Gasteiger partial charge < -0.3 is 10.2 Å². The Hall–Kier alpha value is -2.54. The van der Waals surface area contributed by atoms with Gasteiger partial charge in [-0.2, -0.15) is 5.10 Å². The summed E-state index contributed by atoms with van der Waals surface area (Å²) in [6.45, 7) is 3.79. The molecule has 0 bridgehead atoms. The summed E-state index contributed by atoms with van der Waals surface area (Å²) in [6.07, 6.45) is 6.07. The standard InChI is InChI=1S/C19H22N4O2S/c1-3-7-14(2)19(25)22-13-26-12-17(22)18(24)21-15-10-20-23(11-15)16-8-5-4-6-9-16/h4-11,17H,3,12-13H2,1-2H3,(H,21,24). The number of carbonyl (C=O) groups excluding carboxylic acids is 2. The van der Waals surface area contributed by atoms with Crippen molar-refractivity contribution in [2.24, 2.45) is 0 Å². The highest BCUT2D eigenvalue weighted by Crippen LogP contribution is 2.24. The number of carbonyl (C=O) groups is 2. The van der Waals surface area contributed by atoms with Crippen LogP contribution in [-0.4, -0.2) is 44.2 Å². The van der Waals surface area contributed by atoms with Gasteiger partial charge in [0, 0.05) is 11.3 Å². The molecule has 1 atom stereocenters. The quantitative estimate of drug-likeness (QED) is 0.822. The van der Waals surface area contributed by atoms with Gasteiger partial charge in [0.25, 0.3) is 5.91 Å². The largest absolute Gasteiger partial charge is 0.322 e. The monoisotopic (exact) mass is 370 g/mol. The first-order chi connectivity index (χ1) is 12.6. The molecule has 1 saturated heterocycles. The van der Waals surface area contributed by atoms with E-state index in [-0.39, 0.29) is 11.8 Å². The van der Waals surface area contributed by atoms with E-state index >= 15 is 0 Å². The molecular formula is C19H22N4O2S. The molecule has 0 aliphatic carbocycles. The number of anilines is 1. The Balaban J connectivity index is 1.69. The normalized spacial score (nSPS) is 17.4. The lowest BCUT2D eigenvalue weighted by Gasteiger charge is -2.23. The number of hydrogen-bond acceptors (Lipinski definition) is 4. The van der Waals surface area contributed by atoms with E-state index in [4.69, 9.17) is 0 Å².